The molecule has 0 saturated heterocycles. The number of rotatable bonds is 10. The molecule has 0 aliphatic carbocycles. The molecule has 0 aliphatic rings. The van der Waals surface area contributed by atoms with Crippen LogP contribution in [0, 0.1) is 10.7 Å². The minimum atomic E-state index is 0.289. The summed E-state index contributed by atoms with van der Waals surface area (Å²) >= 11 is 1.28. The predicted octanol–water partition coefficient (Wildman–Crippen LogP) is 4.59. The van der Waals surface area contributed by atoms with E-state index in [9.17, 15) is 0 Å². The lowest BCUT2D eigenvalue weighted by atomic mass is 9.97. The van der Waals surface area contributed by atoms with Crippen LogP contribution in [0.15, 0.2) is 12.1 Å². The summed E-state index contributed by atoms with van der Waals surface area (Å²) in [5.74, 6) is 3.26. The van der Waals surface area contributed by atoms with Gasteiger partial charge in [0, 0.05) is 11.3 Å². The quantitative estimate of drug-likeness (QED) is 0.465. The smallest absolute Gasteiger partial charge is 0.203 e. The maximum absolute atomic E-state index is 8.65. The summed E-state index contributed by atoms with van der Waals surface area (Å²) in [6, 6.07) is 3.99. The van der Waals surface area contributed by atoms with E-state index in [4.69, 9.17) is 19.5 Å². The molecule has 0 amide bonds. The highest BCUT2D eigenvalue weighted by Gasteiger charge is 2.20. The van der Waals surface area contributed by atoms with Gasteiger partial charge >= 0.3 is 0 Å². The third-order valence-electron chi connectivity index (χ3n) is 3.23. The number of hydrogen-bond donors (Lipinski definition) is 0. The minimum Gasteiger partial charge on any atom is -0.490 e. The second-order valence-electron chi connectivity index (χ2n) is 4.74. The SMILES string of the molecule is CCOc1ccc(C(C)CCSC#N)c(OCC)c1OCC. The van der Waals surface area contributed by atoms with Gasteiger partial charge in [-0.15, -0.1) is 0 Å². The van der Waals surface area contributed by atoms with Gasteiger partial charge in [-0.1, -0.05) is 13.0 Å². The molecule has 1 atom stereocenters. The maximum Gasteiger partial charge on any atom is 0.203 e. The van der Waals surface area contributed by atoms with E-state index in [0.29, 0.717) is 25.6 Å². The first kappa shape index (κ1) is 18.5. The van der Waals surface area contributed by atoms with Gasteiger partial charge < -0.3 is 14.2 Å². The normalized spacial score (nSPS) is 11.6. The van der Waals surface area contributed by atoms with Gasteiger partial charge in [-0.25, -0.2) is 0 Å². The average Bonchev–Trinajstić information content (AvgIpc) is 2.51. The van der Waals surface area contributed by atoms with Crippen molar-refractivity contribution in [2.75, 3.05) is 25.6 Å². The van der Waals surface area contributed by atoms with E-state index in [-0.39, 0.29) is 5.92 Å². The molecule has 0 N–H and O–H groups in total. The van der Waals surface area contributed by atoms with E-state index in [1.54, 1.807) is 0 Å². The van der Waals surface area contributed by atoms with Crippen LogP contribution in [-0.4, -0.2) is 25.6 Å². The Morgan fingerprint density at radius 3 is 2.27 bits per heavy atom. The van der Waals surface area contributed by atoms with E-state index in [0.717, 1.165) is 29.2 Å². The molecule has 5 heteroatoms. The highest BCUT2D eigenvalue weighted by atomic mass is 32.2. The lowest BCUT2D eigenvalue weighted by Gasteiger charge is -2.21. The summed E-state index contributed by atoms with van der Waals surface area (Å²) in [6.07, 6.45) is 0.915. The largest absolute Gasteiger partial charge is 0.490 e. The number of nitrogens with zero attached hydrogens (tertiary/aromatic N) is 1. The summed E-state index contributed by atoms with van der Waals surface area (Å²) in [4.78, 5) is 0. The Morgan fingerprint density at radius 1 is 1.05 bits per heavy atom. The lowest BCUT2D eigenvalue weighted by Crippen LogP contribution is -2.07. The Morgan fingerprint density at radius 2 is 1.68 bits per heavy atom. The summed E-state index contributed by atoms with van der Waals surface area (Å²) < 4.78 is 17.3. The van der Waals surface area contributed by atoms with Gasteiger partial charge in [0.2, 0.25) is 5.75 Å². The van der Waals surface area contributed by atoms with Gasteiger partial charge in [0.1, 0.15) is 5.40 Å². The van der Waals surface area contributed by atoms with Crippen LogP contribution < -0.4 is 14.2 Å². The van der Waals surface area contributed by atoms with Crippen LogP contribution in [0.4, 0.5) is 0 Å². The zero-order valence-corrected chi connectivity index (χ0v) is 14.7. The zero-order chi connectivity index (χ0) is 16.4. The first-order chi connectivity index (χ1) is 10.7. The standard InChI is InChI=1S/C17H25NO3S/c1-5-19-15-9-8-14(13(4)10-11-22-12-18)16(20-6-2)17(15)21-7-3/h8-9,13H,5-7,10-11H2,1-4H3. The molecular formula is C17H25NO3S. The van der Waals surface area contributed by atoms with Crippen molar-refractivity contribution >= 4 is 11.8 Å². The number of benzene rings is 1. The minimum absolute atomic E-state index is 0.289. The van der Waals surface area contributed by atoms with Crippen molar-refractivity contribution < 1.29 is 14.2 Å². The third-order valence-corrected chi connectivity index (χ3v) is 3.80. The van der Waals surface area contributed by atoms with Crippen LogP contribution >= 0.6 is 11.8 Å². The molecule has 1 aromatic carbocycles. The molecule has 1 aromatic rings. The van der Waals surface area contributed by atoms with E-state index >= 15 is 0 Å². The van der Waals surface area contributed by atoms with Crippen LogP contribution in [0.3, 0.4) is 0 Å². The van der Waals surface area contributed by atoms with Crippen molar-refractivity contribution in [1.82, 2.24) is 0 Å². The molecule has 0 fully saturated rings. The van der Waals surface area contributed by atoms with Gasteiger partial charge in [0.25, 0.3) is 0 Å². The Kier molecular flexibility index (Phi) is 8.61. The van der Waals surface area contributed by atoms with E-state index in [1.165, 1.54) is 11.8 Å². The van der Waals surface area contributed by atoms with Crippen molar-refractivity contribution in [3.8, 4) is 22.6 Å². The molecular weight excluding hydrogens is 298 g/mol. The van der Waals surface area contributed by atoms with E-state index in [2.05, 4.69) is 12.3 Å². The summed E-state index contributed by atoms with van der Waals surface area (Å²) in [5, 5.41) is 10.8. The second-order valence-corrected chi connectivity index (χ2v) is 5.62. The molecule has 0 heterocycles. The molecule has 0 bridgehead atoms. The molecule has 0 spiro atoms. The highest BCUT2D eigenvalue weighted by Crippen LogP contribution is 2.44. The van der Waals surface area contributed by atoms with Crippen LogP contribution in [0.2, 0.25) is 0 Å². The molecule has 0 radical (unpaired) electrons. The molecule has 4 nitrogen and oxygen atoms in total. The van der Waals surface area contributed by atoms with Crippen LogP contribution in [-0.2, 0) is 0 Å². The Hall–Kier alpha value is -1.54. The Bertz CT molecular complexity index is 499. The molecule has 122 valence electrons. The summed E-state index contributed by atoms with van der Waals surface area (Å²) in [5.41, 5.74) is 1.10. The van der Waals surface area contributed by atoms with Crippen molar-refractivity contribution in [2.45, 2.75) is 40.0 Å². The number of hydrogen-bond acceptors (Lipinski definition) is 5. The number of nitriles is 1. The molecule has 0 saturated carbocycles. The van der Waals surface area contributed by atoms with Crippen LogP contribution in [0.25, 0.3) is 0 Å². The molecule has 1 unspecified atom stereocenters. The van der Waals surface area contributed by atoms with Gasteiger partial charge in [0.15, 0.2) is 11.5 Å². The fourth-order valence-electron chi connectivity index (χ4n) is 2.23. The topological polar surface area (TPSA) is 51.5 Å². The van der Waals surface area contributed by atoms with E-state index in [1.807, 2.05) is 32.9 Å². The average molecular weight is 323 g/mol. The van der Waals surface area contributed by atoms with Gasteiger partial charge in [-0.2, -0.15) is 5.26 Å². The van der Waals surface area contributed by atoms with Crippen molar-refractivity contribution in [2.24, 2.45) is 0 Å². The Balaban J connectivity index is 3.14. The fourth-order valence-corrected chi connectivity index (χ4v) is 2.79. The predicted molar refractivity (Wildman–Crippen MR) is 91.1 cm³/mol. The first-order valence-electron chi connectivity index (χ1n) is 7.75. The van der Waals surface area contributed by atoms with Crippen molar-refractivity contribution in [3.63, 3.8) is 0 Å². The summed E-state index contributed by atoms with van der Waals surface area (Å²) in [7, 11) is 0. The zero-order valence-electron chi connectivity index (χ0n) is 13.8. The fraction of sp³-hybridized carbons (Fsp3) is 0.588. The molecule has 0 aromatic heterocycles. The molecule has 1 rings (SSSR count). The van der Waals surface area contributed by atoms with Gasteiger partial charge in [0.05, 0.1) is 19.8 Å². The first-order valence-corrected chi connectivity index (χ1v) is 8.74. The van der Waals surface area contributed by atoms with Crippen molar-refractivity contribution in [1.29, 1.82) is 5.26 Å². The van der Waals surface area contributed by atoms with E-state index < -0.39 is 0 Å². The maximum atomic E-state index is 8.65. The highest BCUT2D eigenvalue weighted by molar-refractivity contribution is 8.03. The van der Waals surface area contributed by atoms with Crippen LogP contribution in [0.5, 0.6) is 17.2 Å². The monoisotopic (exact) mass is 323 g/mol. The van der Waals surface area contributed by atoms with Gasteiger partial charge in [-0.05, 0) is 50.9 Å². The number of ether oxygens (including phenoxy) is 3. The van der Waals surface area contributed by atoms with Gasteiger partial charge in [-0.3, -0.25) is 0 Å². The number of thioether (sulfide) groups is 1. The number of thiocyanates is 1. The second kappa shape index (κ2) is 10.2. The third kappa shape index (κ3) is 5.03. The lowest BCUT2D eigenvalue weighted by molar-refractivity contribution is 0.258. The molecule has 22 heavy (non-hydrogen) atoms. The van der Waals surface area contributed by atoms with Crippen molar-refractivity contribution in [3.05, 3.63) is 17.7 Å². The Labute approximate surface area is 137 Å². The van der Waals surface area contributed by atoms with Crippen LogP contribution in [0.1, 0.15) is 45.6 Å². The molecule has 0 aliphatic heterocycles. The summed E-state index contributed by atoms with van der Waals surface area (Å²) in [6.45, 7) is 9.72.